The SMILES string of the molecule is CC(NC(=O)CCCN)c1cc(F)c(Cl)cc1Cl. The van der Waals surface area contributed by atoms with Gasteiger partial charge < -0.3 is 11.1 Å². The van der Waals surface area contributed by atoms with Gasteiger partial charge in [-0.2, -0.15) is 0 Å². The van der Waals surface area contributed by atoms with Crippen LogP contribution in [0.5, 0.6) is 0 Å². The van der Waals surface area contributed by atoms with Crippen molar-refractivity contribution in [1.82, 2.24) is 5.32 Å². The summed E-state index contributed by atoms with van der Waals surface area (Å²) in [7, 11) is 0. The molecule has 0 spiro atoms. The molecule has 0 aliphatic carbocycles. The van der Waals surface area contributed by atoms with Crippen LogP contribution in [-0.4, -0.2) is 12.5 Å². The summed E-state index contributed by atoms with van der Waals surface area (Å²) in [5, 5.41) is 3.02. The Morgan fingerprint density at radius 3 is 2.72 bits per heavy atom. The highest BCUT2D eigenvalue weighted by Crippen LogP contribution is 2.28. The number of nitrogens with two attached hydrogens (primary N) is 1. The summed E-state index contributed by atoms with van der Waals surface area (Å²) in [6, 6.07) is 2.18. The van der Waals surface area contributed by atoms with Crippen LogP contribution in [0.1, 0.15) is 31.4 Å². The molecule has 1 unspecified atom stereocenters. The molecule has 100 valence electrons. The van der Waals surface area contributed by atoms with Gasteiger partial charge in [-0.25, -0.2) is 4.39 Å². The van der Waals surface area contributed by atoms with E-state index in [1.165, 1.54) is 12.1 Å². The monoisotopic (exact) mass is 292 g/mol. The van der Waals surface area contributed by atoms with Gasteiger partial charge in [0, 0.05) is 11.4 Å². The summed E-state index contributed by atoms with van der Waals surface area (Å²) < 4.78 is 13.3. The summed E-state index contributed by atoms with van der Waals surface area (Å²) in [5.74, 6) is -0.696. The number of nitrogens with one attached hydrogen (secondary N) is 1. The van der Waals surface area contributed by atoms with E-state index in [4.69, 9.17) is 28.9 Å². The van der Waals surface area contributed by atoms with Crippen molar-refractivity contribution >= 4 is 29.1 Å². The van der Waals surface area contributed by atoms with Crippen LogP contribution in [0.15, 0.2) is 12.1 Å². The minimum atomic E-state index is -0.556. The number of hydrogen-bond donors (Lipinski definition) is 2. The summed E-state index contributed by atoms with van der Waals surface area (Å²) in [5.41, 5.74) is 5.81. The Kier molecular flexibility index (Phi) is 5.85. The smallest absolute Gasteiger partial charge is 0.220 e. The summed E-state index contributed by atoms with van der Waals surface area (Å²) in [4.78, 5) is 11.5. The number of amides is 1. The van der Waals surface area contributed by atoms with E-state index < -0.39 is 5.82 Å². The average Bonchev–Trinajstić information content (AvgIpc) is 2.31. The largest absolute Gasteiger partial charge is 0.350 e. The predicted octanol–water partition coefficient (Wildman–Crippen LogP) is 3.05. The Hall–Kier alpha value is -0.840. The highest BCUT2D eigenvalue weighted by molar-refractivity contribution is 6.35. The molecule has 1 atom stereocenters. The Morgan fingerprint density at radius 1 is 1.44 bits per heavy atom. The van der Waals surface area contributed by atoms with E-state index in [9.17, 15) is 9.18 Å². The molecule has 0 radical (unpaired) electrons. The lowest BCUT2D eigenvalue weighted by Crippen LogP contribution is -2.27. The van der Waals surface area contributed by atoms with Crippen molar-refractivity contribution in [3.05, 3.63) is 33.6 Å². The first-order valence-corrected chi connectivity index (χ1v) is 6.35. The highest BCUT2D eigenvalue weighted by atomic mass is 35.5. The molecule has 0 aromatic heterocycles. The van der Waals surface area contributed by atoms with Crippen LogP contribution in [0.3, 0.4) is 0 Å². The van der Waals surface area contributed by atoms with Crippen molar-refractivity contribution in [3.63, 3.8) is 0 Å². The third kappa shape index (κ3) is 4.12. The lowest BCUT2D eigenvalue weighted by atomic mass is 10.1. The molecule has 1 amide bonds. The van der Waals surface area contributed by atoms with Gasteiger partial charge in [0.1, 0.15) is 5.82 Å². The van der Waals surface area contributed by atoms with Crippen molar-refractivity contribution < 1.29 is 9.18 Å². The number of carbonyl (C=O) groups excluding carboxylic acids is 1. The van der Waals surface area contributed by atoms with Gasteiger partial charge in [0.15, 0.2) is 0 Å². The third-order valence-corrected chi connectivity index (χ3v) is 3.11. The molecule has 0 saturated heterocycles. The van der Waals surface area contributed by atoms with Crippen LogP contribution in [0.4, 0.5) is 4.39 Å². The van der Waals surface area contributed by atoms with E-state index in [1.807, 2.05) is 0 Å². The van der Waals surface area contributed by atoms with Crippen LogP contribution < -0.4 is 11.1 Å². The Morgan fingerprint density at radius 2 is 2.11 bits per heavy atom. The van der Waals surface area contributed by atoms with E-state index in [2.05, 4.69) is 5.32 Å². The van der Waals surface area contributed by atoms with Gasteiger partial charge in [-0.15, -0.1) is 0 Å². The molecule has 3 N–H and O–H groups in total. The summed E-state index contributed by atoms with van der Waals surface area (Å²) in [6.45, 7) is 2.19. The van der Waals surface area contributed by atoms with Crippen molar-refractivity contribution in [2.24, 2.45) is 5.73 Å². The number of halogens is 3. The lowest BCUT2D eigenvalue weighted by Gasteiger charge is -2.16. The molecule has 0 fully saturated rings. The average molecular weight is 293 g/mol. The molecule has 0 saturated carbocycles. The standard InChI is InChI=1S/C12H15Cl2FN2O/c1-7(17-12(18)3-2-4-16)8-5-11(15)10(14)6-9(8)13/h5-7H,2-4,16H2,1H3,(H,17,18). The van der Waals surface area contributed by atoms with E-state index in [0.29, 0.717) is 30.0 Å². The molecule has 6 heteroatoms. The number of benzene rings is 1. The van der Waals surface area contributed by atoms with E-state index in [0.717, 1.165) is 0 Å². The Bertz CT molecular complexity index is 440. The van der Waals surface area contributed by atoms with E-state index >= 15 is 0 Å². The third-order valence-electron chi connectivity index (χ3n) is 2.49. The van der Waals surface area contributed by atoms with E-state index in [1.54, 1.807) is 6.92 Å². The second-order valence-corrected chi connectivity index (χ2v) is 4.78. The molecular formula is C12H15Cl2FN2O. The maximum absolute atomic E-state index is 13.3. The fourth-order valence-corrected chi connectivity index (χ4v) is 2.07. The number of rotatable bonds is 5. The van der Waals surface area contributed by atoms with Gasteiger partial charge in [0.05, 0.1) is 11.1 Å². The van der Waals surface area contributed by atoms with E-state index in [-0.39, 0.29) is 17.0 Å². The molecule has 1 aromatic rings. The zero-order valence-corrected chi connectivity index (χ0v) is 11.5. The fraction of sp³-hybridized carbons (Fsp3) is 0.417. The van der Waals surface area contributed by atoms with Crippen molar-refractivity contribution in [1.29, 1.82) is 0 Å². The number of hydrogen-bond acceptors (Lipinski definition) is 2. The number of carbonyl (C=O) groups is 1. The van der Waals surface area contributed by atoms with Crippen LogP contribution in [0, 0.1) is 5.82 Å². The van der Waals surface area contributed by atoms with Gasteiger partial charge >= 0.3 is 0 Å². The fourth-order valence-electron chi connectivity index (χ4n) is 1.52. The minimum absolute atomic E-state index is 0.0367. The van der Waals surface area contributed by atoms with Crippen molar-refractivity contribution in [2.75, 3.05) is 6.54 Å². The molecule has 18 heavy (non-hydrogen) atoms. The first-order chi connectivity index (χ1) is 8.45. The van der Waals surface area contributed by atoms with Gasteiger partial charge in [-0.1, -0.05) is 23.2 Å². The molecule has 0 heterocycles. The van der Waals surface area contributed by atoms with Crippen LogP contribution >= 0.6 is 23.2 Å². The Labute approximate surface area is 115 Å². The molecule has 1 aromatic carbocycles. The first kappa shape index (κ1) is 15.2. The summed E-state index contributed by atoms with van der Waals surface area (Å²) in [6.07, 6.45) is 0.954. The molecule has 1 rings (SSSR count). The van der Waals surface area contributed by atoms with Crippen molar-refractivity contribution in [2.45, 2.75) is 25.8 Å². The van der Waals surface area contributed by atoms with Gasteiger partial charge in [-0.3, -0.25) is 4.79 Å². The van der Waals surface area contributed by atoms with Gasteiger partial charge in [0.2, 0.25) is 5.91 Å². The highest BCUT2D eigenvalue weighted by Gasteiger charge is 2.15. The summed E-state index contributed by atoms with van der Waals surface area (Å²) >= 11 is 11.6. The van der Waals surface area contributed by atoms with Crippen LogP contribution in [0.2, 0.25) is 10.0 Å². The normalized spacial score (nSPS) is 12.3. The van der Waals surface area contributed by atoms with Gasteiger partial charge in [-0.05, 0) is 37.6 Å². The maximum Gasteiger partial charge on any atom is 0.220 e. The second kappa shape index (κ2) is 6.92. The van der Waals surface area contributed by atoms with Crippen molar-refractivity contribution in [3.8, 4) is 0 Å². The van der Waals surface area contributed by atoms with Crippen LogP contribution in [-0.2, 0) is 4.79 Å². The zero-order valence-electron chi connectivity index (χ0n) is 9.97. The minimum Gasteiger partial charge on any atom is -0.350 e. The molecule has 0 aliphatic rings. The second-order valence-electron chi connectivity index (χ2n) is 3.97. The molecule has 0 aliphatic heterocycles. The zero-order chi connectivity index (χ0) is 13.7. The topological polar surface area (TPSA) is 55.1 Å². The molecule has 3 nitrogen and oxygen atoms in total. The van der Waals surface area contributed by atoms with Crippen LogP contribution in [0.25, 0.3) is 0 Å². The quantitative estimate of drug-likeness (QED) is 0.820. The first-order valence-electron chi connectivity index (χ1n) is 5.59. The van der Waals surface area contributed by atoms with Gasteiger partial charge in [0.25, 0.3) is 0 Å². The molecule has 0 bridgehead atoms. The lowest BCUT2D eigenvalue weighted by molar-refractivity contribution is -0.121. The maximum atomic E-state index is 13.3. The molecular weight excluding hydrogens is 278 g/mol. The Balaban J connectivity index is 2.75. The predicted molar refractivity (Wildman–Crippen MR) is 71.3 cm³/mol.